The van der Waals surface area contributed by atoms with Crippen molar-refractivity contribution in [3.63, 3.8) is 0 Å². The first-order valence-electron chi connectivity index (χ1n) is 6.47. The highest BCUT2D eigenvalue weighted by Crippen LogP contribution is 2.21. The number of hydrogen-bond donors (Lipinski definition) is 1. The van der Waals surface area contributed by atoms with E-state index in [2.05, 4.69) is 4.72 Å². The topological polar surface area (TPSA) is 89.3 Å². The number of hydrogen-bond acceptors (Lipinski definition) is 4. The molecular weight excluding hydrogens is 330 g/mol. The monoisotopic (exact) mass is 342 g/mol. The highest BCUT2D eigenvalue weighted by molar-refractivity contribution is 7.89. The Labute approximate surface area is 131 Å². The first-order chi connectivity index (χ1) is 10.8. The summed E-state index contributed by atoms with van der Waals surface area (Å²) >= 11 is 0. The Kier molecular flexibility index (Phi) is 5.02. The third-order valence-corrected chi connectivity index (χ3v) is 4.50. The molecule has 2 aromatic carbocycles. The molecule has 0 aromatic heterocycles. The molecular formula is C14H12F2N2O4S. The lowest BCUT2D eigenvalue weighted by atomic mass is 10.1. The maximum Gasteiger partial charge on any atom is 0.306 e. The summed E-state index contributed by atoms with van der Waals surface area (Å²) in [6.45, 7) is 0.0130. The van der Waals surface area contributed by atoms with Gasteiger partial charge in [-0.25, -0.2) is 17.5 Å². The Balaban J connectivity index is 2.08. The lowest BCUT2D eigenvalue weighted by Gasteiger charge is -2.07. The van der Waals surface area contributed by atoms with Crippen LogP contribution >= 0.6 is 0 Å². The summed E-state index contributed by atoms with van der Waals surface area (Å²) in [7, 11) is -4.01. The fraction of sp³-hybridized carbons (Fsp3) is 0.143. The van der Waals surface area contributed by atoms with Gasteiger partial charge in [-0.2, -0.15) is 4.39 Å². The minimum absolute atomic E-state index is 0.0130. The van der Waals surface area contributed by atoms with Gasteiger partial charge in [0.05, 0.1) is 9.82 Å². The second-order valence-electron chi connectivity index (χ2n) is 4.64. The van der Waals surface area contributed by atoms with E-state index in [9.17, 15) is 27.3 Å². The number of nitro benzene ring substituents is 1. The van der Waals surface area contributed by atoms with Gasteiger partial charge in [0.2, 0.25) is 15.8 Å². The summed E-state index contributed by atoms with van der Waals surface area (Å²) in [5.41, 5.74) is -0.189. The average Bonchev–Trinajstić information content (AvgIpc) is 2.49. The van der Waals surface area contributed by atoms with Crippen LogP contribution in [0.4, 0.5) is 14.5 Å². The largest absolute Gasteiger partial charge is 0.306 e. The minimum Gasteiger partial charge on any atom is -0.258 e. The molecule has 122 valence electrons. The molecule has 0 fully saturated rings. The molecule has 0 radical (unpaired) electrons. The van der Waals surface area contributed by atoms with Crippen molar-refractivity contribution in [2.24, 2.45) is 0 Å². The van der Waals surface area contributed by atoms with Gasteiger partial charge in [0, 0.05) is 12.6 Å². The molecule has 1 N–H and O–H groups in total. The summed E-state index contributed by atoms with van der Waals surface area (Å²) in [5.74, 6) is -1.51. The van der Waals surface area contributed by atoms with Crippen molar-refractivity contribution < 1.29 is 22.1 Å². The molecule has 6 nitrogen and oxygen atoms in total. The van der Waals surface area contributed by atoms with Crippen molar-refractivity contribution in [3.8, 4) is 0 Å². The molecule has 0 saturated heterocycles. The number of sulfonamides is 1. The second kappa shape index (κ2) is 6.80. The first kappa shape index (κ1) is 17.0. The fourth-order valence-electron chi connectivity index (χ4n) is 1.86. The lowest BCUT2D eigenvalue weighted by Crippen LogP contribution is -2.26. The molecule has 2 aromatic rings. The van der Waals surface area contributed by atoms with E-state index < -0.39 is 37.2 Å². The predicted molar refractivity (Wildman–Crippen MR) is 78.3 cm³/mol. The molecule has 0 amide bonds. The van der Waals surface area contributed by atoms with Crippen LogP contribution in [0.5, 0.6) is 0 Å². The number of rotatable bonds is 6. The van der Waals surface area contributed by atoms with Gasteiger partial charge in [-0.05, 0) is 36.2 Å². The third kappa shape index (κ3) is 4.30. The smallest absolute Gasteiger partial charge is 0.258 e. The van der Waals surface area contributed by atoms with Gasteiger partial charge in [-0.15, -0.1) is 0 Å². The number of nitro groups is 1. The van der Waals surface area contributed by atoms with Gasteiger partial charge in [0.1, 0.15) is 5.82 Å². The van der Waals surface area contributed by atoms with Crippen molar-refractivity contribution in [1.82, 2.24) is 4.72 Å². The zero-order valence-corrected chi connectivity index (χ0v) is 12.5. The summed E-state index contributed by atoms with van der Waals surface area (Å²) in [5, 5.41) is 10.6. The van der Waals surface area contributed by atoms with Crippen LogP contribution in [0.15, 0.2) is 47.4 Å². The second-order valence-corrected chi connectivity index (χ2v) is 6.41. The summed E-state index contributed by atoms with van der Waals surface area (Å²) in [6.07, 6.45) is 0.308. The SMILES string of the molecule is O=[N+]([O-])c1cc(S(=O)(=O)NCCc2ccc(F)cc2)ccc1F. The van der Waals surface area contributed by atoms with Gasteiger partial charge in [0.25, 0.3) is 0 Å². The van der Waals surface area contributed by atoms with E-state index in [0.717, 1.165) is 17.7 Å². The van der Waals surface area contributed by atoms with Crippen LogP contribution in [0.1, 0.15) is 5.56 Å². The maximum absolute atomic E-state index is 13.2. The lowest BCUT2D eigenvalue weighted by molar-refractivity contribution is -0.387. The summed E-state index contributed by atoms with van der Waals surface area (Å²) < 4.78 is 52.3. The Morgan fingerprint density at radius 1 is 1.09 bits per heavy atom. The Hall–Kier alpha value is -2.39. The molecule has 0 aliphatic carbocycles. The zero-order valence-electron chi connectivity index (χ0n) is 11.7. The van der Waals surface area contributed by atoms with Crippen LogP contribution in [0.3, 0.4) is 0 Å². The van der Waals surface area contributed by atoms with Crippen LogP contribution in [0, 0.1) is 21.7 Å². The molecule has 23 heavy (non-hydrogen) atoms. The van der Waals surface area contributed by atoms with Crippen LogP contribution in [0.25, 0.3) is 0 Å². The van der Waals surface area contributed by atoms with Crippen LogP contribution in [-0.4, -0.2) is 19.9 Å². The minimum atomic E-state index is -4.01. The molecule has 0 heterocycles. The van der Waals surface area contributed by atoms with Gasteiger partial charge in [-0.1, -0.05) is 12.1 Å². The maximum atomic E-state index is 13.2. The van der Waals surface area contributed by atoms with Crippen LogP contribution < -0.4 is 4.72 Å². The number of nitrogens with zero attached hydrogens (tertiary/aromatic N) is 1. The van der Waals surface area contributed by atoms with Crippen molar-refractivity contribution >= 4 is 15.7 Å². The highest BCUT2D eigenvalue weighted by Gasteiger charge is 2.21. The molecule has 0 bridgehead atoms. The van der Waals surface area contributed by atoms with Gasteiger partial charge in [0.15, 0.2) is 0 Å². The summed E-state index contributed by atoms with van der Waals surface area (Å²) in [6, 6.07) is 7.89. The van der Waals surface area contributed by atoms with Crippen molar-refractivity contribution in [3.05, 3.63) is 69.8 Å². The molecule has 0 aliphatic rings. The average molecular weight is 342 g/mol. The van der Waals surface area contributed by atoms with Gasteiger partial charge >= 0.3 is 5.69 Å². The van der Waals surface area contributed by atoms with E-state index in [1.165, 1.54) is 24.3 Å². The number of halogens is 2. The van der Waals surface area contributed by atoms with Crippen LogP contribution in [-0.2, 0) is 16.4 Å². The van der Waals surface area contributed by atoms with Crippen molar-refractivity contribution in [2.75, 3.05) is 6.54 Å². The van der Waals surface area contributed by atoms with Crippen molar-refractivity contribution in [1.29, 1.82) is 0 Å². The molecule has 0 spiro atoms. The molecule has 0 aliphatic heterocycles. The van der Waals surface area contributed by atoms with Crippen molar-refractivity contribution in [2.45, 2.75) is 11.3 Å². The quantitative estimate of drug-likeness (QED) is 0.645. The van der Waals surface area contributed by atoms with E-state index in [4.69, 9.17) is 0 Å². The normalized spacial score (nSPS) is 11.4. The molecule has 2 rings (SSSR count). The molecule has 0 unspecified atom stereocenters. The summed E-state index contributed by atoms with van der Waals surface area (Å²) in [4.78, 5) is 9.26. The first-order valence-corrected chi connectivity index (χ1v) is 7.96. The van der Waals surface area contributed by atoms with E-state index in [1.807, 2.05) is 0 Å². The highest BCUT2D eigenvalue weighted by atomic mass is 32.2. The molecule has 9 heteroatoms. The third-order valence-electron chi connectivity index (χ3n) is 3.04. The Morgan fingerprint density at radius 2 is 1.74 bits per heavy atom. The number of benzene rings is 2. The van der Waals surface area contributed by atoms with Gasteiger partial charge < -0.3 is 0 Å². The standard InChI is InChI=1S/C14H12F2N2O4S/c15-11-3-1-10(2-4-11)7-8-17-23(21,22)12-5-6-13(16)14(9-12)18(19)20/h1-6,9,17H,7-8H2. The van der Waals surface area contributed by atoms with Gasteiger partial charge in [-0.3, -0.25) is 10.1 Å². The molecule has 0 saturated carbocycles. The van der Waals surface area contributed by atoms with E-state index in [0.29, 0.717) is 12.5 Å². The van der Waals surface area contributed by atoms with E-state index >= 15 is 0 Å². The number of nitrogens with one attached hydrogen (secondary N) is 1. The van der Waals surface area contributed by atoms with E-state index in [1.54, 1.807) is 0 Å². The van der Waals surface area contributed by atoms with E-state index in [-0.39, 0.29) is 6.54 Å². The Bertz CT molecular complexity index is 823. The molecule has 0 atom stereocenters. The Morgan fingerprint density at radius 3 is 2.35 bits per heavy atom. The fourth-order valence-corrected chi connectivity index (χ4v) is 2.92. The van der Waals surface area contributed by atoms with Crippen LogP contribution in [0.2, 0.25) is 0 Å². The zero-order chi connectivity index (χ0) is 17.0. The predicted octanol–water partition coefficient (Wildman–Crippen LogP) is 2.39.